The number of hydrogen-bond donors (Lipinski definition) is 2. The summed E-state index contributed by atoms with van der Waals surface area (Å²) in [5.74, 6) is 1.03. The van der Waals surface area contributed by atoms with E-state index in [0.29, 0.717) is 19.1 Å². The fourth-order valence-electron chi connectivity index (χ4n) is 1.97. The van der Waals surface area contributed by atoms with Crippen molar-refractivity contribution in [2.75, 3.05) is 11.9 Å². The first-order valence-electron chi connectivity index (χ1n) is 6.59. The number of anilines is 1. The molecule has 2 aromatic heterocycles. The van der Waals surface area contributed by atoms with Crippen LogP contribution < -0.4 is 10.6 Å². The number of urea groups is 1. The summed E-state index contributed by atoms with van der Waals surface area (Å²) >= 11 is 1.58. The number of amides is 2. The summed E-state index contributed by atoms with van der Waals surface area (Å²) in [6.07, 6.45) is 0.842. The van der Waals surface area contributed by atoms with Gasteiger partial charge < -0.3 is 10.1 Å². The molecule has 0 bridgehead atoms. The van der Waals surface area contributed by atoms with E-state index in [1.165, 1.54) is 0 Å². The van der Waals surface area contributed by atoms with Gasteiger partial charge in [-0.25, -0.2) is 9.78 Å². The number of hydrogen-bond acceptors (Lipinski definition) is 6. The topological polar surface area (TPSA) is 94.0 Å². The van der Waals surface area contributed by atoms with E-state index in [4.69, 9.17) is 4.74 Å². The van der Waals surface area contributed by atoms with Crippen LogP contribution in [0, 0.1) is 6.92 Å². The number of aromatic nitrogens is 4. The highest BCUT2D eigenvalue weighted by Crippen LogP contribution is 2.23. The number of thiazole rings is 1. The Morgan fingerprint density at radius 1 is 1.48 bits per heavy atom. The second-order valence-electron chi connectivity index (χ2n) is 4.69. The Labute approximate surface area is 125 Å². The maximum Gasteiger partial charge on any atom is 0.322 e. The lowest BCUT2D eigenvalue weighted by molar-refractivity contribution is 0.112. The van der Waals surface area contributed by atoms with E-state index in [2.05, 4.69) is 25.7 Å². The molecule has 8 nitrogen and oxygen atoms in total. The molecule has 0 saturated heterocycles. The zero-order chi connectivity index (χ0) is 14.8. The molecule has 0 aliphatic carbocycles. The second kappa shape index (κ2) is 5.78. The Balaban J connectivity index is 1.54. The van der Waals surface area contributed by atoms with Gasteiger partial charge in [0.15, 0.2) is 0 Å². The van der Waals surface area contributed by atoms with Crippen molar-refractivity contribution in [3.63, 3.8) is 0 Å². The van der Waals surface area contributed by atoms with Gasteiger partial charge in [-0.15, -0.1) is 16.4 Å². The number of nitrogens with zero attached hydrogens (tertiary/aromatic N) is 4. The minimum Gasteiger partial charge on any atom is -0.375 e. The van der Waals surface area contributed by atoms with Crippen LogP contribution in [0.2, 0.25) is 0 Å². The zero-order valence-corrected chi connectivity index (χ0v) is 12.7. The molecule has 112 valence electrons. The number of nitrogens with one attached hydrogen (secondary N) is 2. The second-order valence-corrected chi connectivity index (χ2v) is 5.86. The van der Waals surface area contributed by atoms with E-state index in [0.717, 1.165) is 34.4 Å². The SMILES string of the molecule is Cc1nc(NC(=O)NCc2nc3c(s2)COCC3)nn1C. The highest BCUT2D eigenvalue weighted by atomic mass is 32.1. The molecule has 0 aromatic carbocycles. The van der Waals surface area contributed by atoms with Gasteiger partial charge in [-0.2, -0.15) is 4.98 Å². The van der Waals surface area contributed by atoms with E-state index in [1.54, 1.807) is 23.1 Å². The first kappa shape index (κ1) is 14.0. The summed E-state index contributed by atoms with van der Waals surface area (Å²) in [6.45, 7) is 3.54. The molecule has 2 amide bonds. The maximum absolute atomic E-state index is 11.8. The van der Waals surface area contributed by atoms with Crippen molar-refractivity contribution in [3.05, 3.63) is 21.4 Å². The summed E-state index contributed by atoms with van der Waals surface area (Å²) in [5.41, 5.74) is 1.09. The lowest BCUT2D eigenvalue weighted by atomic mass is 10.2. The van der Waals surface area contributed by atoms with E-state index in [-0.39, 0.29) is 6.03 Å². The average molecular weight is 308 g/mol. The van der Waals surface area contributed by atoms with Crippen LogP contribution in [0.15, 0.2) is 0 Å². The Bertz CT molecular complexity index is 622. The lowest BCUT2D eigenvalue weighted by Gasteiger charge is -2.08. The van der Waals surface area contributed by atoms with E-state index in [1.807, 2.05) is 6.92 Å². The quantitative estimate of drug-likeness (QED) is 0.881. The van der Waals surface area contributed by atoms with E-state index >= 15 is 0 Å². The van der Waals surface area contributed by atoms with Crippen LogP contribution in [0.3, 0.4) is 0 Å². The molecular formula is C12H16N6O2S. The summed E-state index contributed by atoms with van der Waals surface area (Å²) in [6, 6.07) is -0.343. The number of fused-ring (bicyclic) bond motifs is 1. The average Bonchev–Trinajstić information content (AvgIpc) is 3.00. The monoisotopic (exact) mass is 308 g/mol. The molecule has 0 atom stereocenters. The van der Waals surface area contributed by atoms with Crippen molar-refractivity contribution < 1.29 is 9.53 Å². The molecule has 21 heavy (non-hydrogen) atoms. The molecule has 1 aliphatic heterocycles. The molecule has 3 rings (SSSR count). The van der Waals surface area contributed by atoms with Gasteiger partial charge in [-0.3, -0.25) is 10.00 Å². The van der Waals surface area contributed by atoms with Gasteiger partial charge in [0.1, 0.15) is 10.8 Å². The summed E-state index contributed by atoms with van der Waals surface area (Å²) in [5, 5.41) is 10.3. The highest BCUT2D eigenvalue weighted by molar-refractivity contribution is 7.11. The van der Waals surface area contributed by atoms with E-state index < -0.39 is 0 Å². The fourth-order valence-corrected chi connectivity index (χ4v) is 2.96. The van der Waals surface area contributed by atoms with Crippen molar-refractivity contribution in [2.45, 2.75) is 26.5 Å². The molecule has 0 unspecified atom stereocenters. The standard InChI is InChI=1S/C12H16N6O2S/c1-7-14-11(17-18(7)2)16-12(19)13-5-10-15-8-3-4-20-6-9(8)21-10/h3-6H2,1-2H3,(H2,13,16,17,19). The maximum atomic E-state index is 11.8. The Hall–Kier alpha value is -2.00. The van der Waals surface area contributed by atoms with Crippen LogP contribution >= 0.6 is 11.3 Å². The fraction of sp³-hybridized carbons (Fsp3) is 0.500. The van der Waals surface area contributed by atoms with Crippen molar-refractivity contribution in [2.24, 2.45) is 7.05 Å². The molecule has 1 aliphatic rings. The van der Waals surface area contributed by atoms with Crippen molar-refractivity contribution in [1.82, 2.24) is 25.1 Å². The minimum atomic E-state index is -0.343. The first-order chi connectivity index (χ1) is 10.1. The Morgan fingerprint density at radius 2 is 2.33 bits per heavy atom. The number of rotatable bonds is 3. The summed E-state index contributed by atoms with van der Waals surface area (Å²) in [7, 11) is 1.77. The van der Waals surface area contributed by atoms with Crippen LogP contribution in [0.1, 0.15) is 21.4 Å². The lowest BCUT2D eigenvalue weighted by Crippen LogP contribution is -2.28. The van der Waals surface area contributed by atoms with Gasteiger partial charge in [0.05, 0.1) is 30.3 Å². The van der Waals surface area contributed by atoms with Gasteiger partial charge in [-0.1, -0.05) is 0 Å². The molecular weight excluding hydrogens is 292 g/mol. The van der Waals surface area contributed by atoms with E-state index in [9.17, 15) is 4.79 Å². The van der Waals surface area contributed by atoms with Gasteiger partial charge in [0.25, 0.3) is 0 Å². The van der Waals surface area contributed by atoms with Crippen molar-refractivity contribution >= 4 is 23.3 Å². The van der Waals surface area contributed by atoms with Crippen LogP contribution in [0.4, 0.5) is 10.7 Å². The van der Waals surface area contributed by atoms with Crippen LogP contribution in [-0.4, -0.2) is 32.4 Å². The van der Waals surface area contributed by atoms with Crippen LogP contribution in [0.5, 0.6) is 0 Å². The Kier molecular flexibility index (Phi) is 3.84. The normalized spacial score (nSPS) is 13.8. The summed E-state index contributed by atoms with van der Waals surface area (Å²) in [4.78, 5) is 21.6. The minimum absolute atomic E-state index is 0.291. The molecule has 2 aromatic rings. The van der Waals surface area contributed by atoms with Crippen molar-refractivity contribution in [1.29, 1.82) is 0 Å². The molecule has 3 heterocycles. The molecule has 0 fully saturated rings. The number of ether oxygens (including phenoxy) is 1. The molecule has 0 radical (unpaired) electrons. The molecule has 2 N–H and O–H groups in total. The van der Waals surface area contributed by atoms with Crippen LogP contribution in [0.25, 0.3) is 0 Å². The highest BCUT2D eigenvalue weighted by Gasteiger charge is 2.16. The largest absolute Gasteiger partial charge is 0.375 e. The van der Waals surface area contributed by atoms with Gasteiger partial charge in [0, 0.05) is 13.5 Å². The smallest absolute Gasteiger partial charge is 0.322 e. The van der Waals surface area contributed by atoms with Crippen LogP contribution in [-0.2, 0) is 31.4 Å². The predicted molar refractivity (Wildman–Crippen MR) is 77.1 cm³/mol. The van der Waals surface area contributed by atoms with Crippen molar-refractivity contribution in [3.8, 4) is 0 Å². The Morgan fingerprint density at radius 3 is 3.05 bits per heavy atom. The zero-order valence-electron chi connectivity index (χ0n) is 11.8. The third kappa shape index (κ3) is 3.19. The number of carbonyl (C=O) groups excluding carboxylic acids is 1. The molecule has 9 heteroatoms. The number of carbonyl (C=O) groups is 1. The van der Waals surface area contributed by atoms with Gasteiger partial charge in [-0.05, 0) is 6.92 Å². The van der Waals surface area contributed by atoms with Gasteiger partial charge >= 0.3 is 6.03 Å². The molecule has 0 spiro atoms. The van der Waals surface area contributed by atoms with Gasteiger partial charge in [0.2, 0.25) is 5.95 Å². The first-order valence-corrected chi connectivity index (χ1v) is 7.41. The number of aryl methyl sites for hydroxylation is 2. The molecule has 0 saturated carbocycles. The third-order valence-electron chi connectivity index (χ3n) is 3.15. The predicted octanol–water partition coefficient (Wildman–Crippen LogP) is 0.974. The third-order valence-corrected chi connectivity index (χ3v) is 4.22. The summed E-state index contributed by atoms with van der Waals surface area (Å²) < 4.78 is 6.98.